The van der Waals surface area contributed by atoms with Crippen molar-refractivity contribution in [3.8, 4) is 0 Å². The minimum absolute atomic E-state index is 0.0542. The Morgan fingerprint density at radius 1 is 1.00 bits per heavy atom. The van der Waals surface area contributed by atoms with E-state index in [1.807, 2.05) is 0 Å². The summed E-state index contributed by atoms with van der Waals surface area (Å²) in [6, 6.07) is 0. The van der Waals surface area contributed by atoms with Crippen LogP contribution in [0.3, 0.4) is 0 Å². The summed E-state index contributed by atoms with van der Waals surface area (Å²) in [6.45, 7) is 0. The van der Waals surface area contributed by atoms with Crippen molar-refractivity contribution in [2.24, 2.45) is 4.99 Å². The van der Waals surface area contributed by atoms with Gasteiger partial charge in [0.2, 0.25) is 12.0 Å². The molecule has 14 heteroatoms. The molecule has 0 spiro atoms. The van der Waals surface area contributed by atoms with E-state index in [9.17, 15) is 48.4 Å². The zero-order chi connectivity index (χ0) is 16.1. The lowest BCUT2D eigenvalue weighted by molar-refractivity contribution is -0.368. The number of aliphatic imine (C=N–C) groups is 1. The van der Waals surface area contributed by atoms with Gasteiger partial charge in [-0.1, -0.05) is 0 Å². The Bertz CT molecular complexity index is 406. The van der Waals surface area contributed by atoms with Crippen LogP contribution in [0.15, 0.2) is 4.99 Å². The Hall–Kier alpha value is -1.34. The average Bonchev–Trinajstić information content (AvgIpc) is 2.16. The zero-order valence-corrected chi connectivity index (χ0v) is 8.63. The van der Waals surface area contributed by atoms with Crippen LogP contribution in [0.5, 0.6) is 0 Å². The molecule has 1 heterocycles. The summed E-state index contributed by atoms with van der Waals surface area (Å²) >= 11 is 0. The zero-order valence-electron chi connectivity index (χ0n) is 8.63. The first-order valence-electron chi connectivity index (χ1n) is 4.31. The van der Waals surface area contributed by atoms with E-state index in [1.165, 1.54) is 0 Å². The topological polar surface area (TPSA) is 27.6 Å². The molecule has 3 nitrogen and oxygen atoms in total. The van der Waals surface area contributed by atoms with E-state index in [-0.39, 0.29) is 5.32 Å². The molecule has 1 N–H and O–H groups in total. The van der Waals surface area contributed by atoms with E-state index in [0.717, 1.165) is 0 Å². The lowest BCUT2D eigenvalue weighted by Crippen LogP contribution is -2.72. The lowest BCUT2D eigenvalue weighted by Gasteiger charge is -2.40. The lowest BCUT2D eigenvalue weighted by atomic mass is 10.3. The molecule has 0 saturated heterocycles. The van der Waals surface area contributed by atoms with Gasteiger partial charge in [0, 0.05) is 0 Å². The minimum atomic E-state index is -6.43. The van der Waals surface area contributed by atoms with Crippen LogP contribution < -0.4 is 5.32 Å². The highest BCUT2D eigenvalue weighted by atomic mass is 19.4. The molecule has 0 bridgehead atoms. The van der Waals surface area contributed by atoms with Gasteiger partial charge in [-0.05, 0) is 5.12 Å². The number of nitrogens with zero attached hydrogens (tertiary/aromatic N) is 2. The molecule has 0 aromatic heterocycles. The summed E-state index contributed by atoms with van der Waals surface area (Å²) < 4.78 is 136. The predicted molar refractivity (Wildman–Crippen MR) is 39.3 cm³/mol. The van der Waals surface area contributed by atoms with Crippen molar-refractivity contribution in [1.29, 1.82) is 0 Å². The Labute approximate surface area is 102 Å². The molecular formula is C6H2F11N3. The molecule has 2 atom stereocenters. The van der Waals surface area contributed by atoms with E-state index in [4.69, 9.17) is 0 Å². The van der Waals surface area contributed by atoms with E-state index < -0.39 is 41.6 Å². The molecule has 1 aliphatic rings. The van der Waals surface area contributed by atoms with Crippen LogP contribution in [0.1, 0.15) is 0 Å². The Kier molecular flexibility index (Phi) is 3.62. The molecule has 0 radical (unpaired) electrons. The maximum absolute atomic E-state index is 13.3. The molecular weight excluding hydrogens is 323 g/mol. The standard InChI is InChI=1S/C6H2F11N3/c7-3(8,9)1-18-2(4(10,11)12)20(17)6(16,19-1)5(13,14)15/h2H,(H,18,19). The third-order valence-electron chi connectivity index (χ3n) is 1.98. The number of nitrogens with one attached hydrogen (secondary N) is 1. The molecule has 1 aliphatic heterocycles. The summed E-state index contributed by atoms with van der Waals surface area (Å²) in [5, 5.41) is -2.57. The van der Waals surface area contributed by atoms with Crippen LogP contribution in [0.25, 0.3) is 0 Å². The number of rotatable bonds is 0. The fraction of sp³-hybridized carbons (Fsp3) is 0.833. The molecule has 0 aromatic rings. The monoisotopic (exact) mass is 325 g/mol. The van der Waals surface area contributed by atoms with Crippen LogP contribution in [-0.4, -0.2) is 41.6 Å². The largest absolute Gasteiger partial charge is 0.460 e. The molecule has 0 aliphatic carbocycles. The highest BCUT2D eigenvalue weighted by Crippen LogP contribution is 2.43. The minimum Gasteiger partial charge on any atom is -0.312 e. The van der Waals surface area contributed by atoms with Crippen LogP contribution >= 0.6 is 0 Å². The van der Waals surface area contributed by atoms with Gasteiger partial charge in [-0.25, -0.2) is 4.99 Å². The van der Waals surface area contributed by atoms with Gasteiger partial charge in [0.25, 0.3) is 0 Å². The van der Waals surface area contributed by atoms with Gasteiger partial charge >= 0.3 is 24.4 Å². The summed E-state index contributed by atoms with van der Waals surface area (Å²) in [6.07, 6.45) is -22.6. The van der Waals surface area contributed by atoms with Gasteiger partial charge in [0.1, 0.15) is 0 Å². The molecule has 118 valence electrons. The van der Waals surface area contributed by atoms with Gasteiger partial charge in [-0.3, -0.25) is 0 Å². The quantitative estimate of drug-likeness (QED) is 0.421. The molecule has 1 rings (SSSR count). The summed E-state index contributed by atoms with van der Waals surface area (Å²) in [7, 11) is 0. The van der Waals surface area contributed by atoms with Gasteiger partial charge in [0.05, 0.1) is 0 Å². The number of hydrogen-bond donors (Lipinski definition) is 1. The normalized spacial score (nSPS) is 29.9. The summed E-state index contributed by atoms with van der Waals surface area (Å²) in [5.74, 6) is -8.66. The average molecular weight is 325 g/mol. The SMILES string of the molecule is FN1C(C(F)(F)F)N=C(C(F)(F)F)NC1(F)C(F)(F)F. The fourth-order valence-corrected chi connectivity index (χ4v) is 1.12. The summed E-state index contributed by atoms with van der Waals surface area (Å²) in [5.41, 5.74) is 0. The Morgan fingerprint density at radius 2 is 1.45 bits per heavy atom. The van der Waals surface area contributed by atoms with Crippen molar-refractivity contribution in [1.82, 2.24) is 10.4 Å². The maximum atomic E-state index is 13.3. The molecule has 0 saturated carbocycles. The van der Waals surface area contributed by atoms with Crippen LogP contribution in [0, 0.1) is 0 Å². The van der Waals surface area contributed by atoms with Gasteiger partial charge in [-0.15, -0.1) is 4.48 Å². The fourth-order valence-electron chi connectivity index (χ4n) is 1.12. The molecule has 20 heavy (non-hydrogen) atoms. The second-order valence-electron chi connectivity index (χ2n) is 3.45. The molecule has 2 unspecified atom stereocenters. The van der Waals surface area contributed by atoms with E-state index in [0.29, 0.717) is 0 Å². The maximum Gasteiger partial charge on any atom is 0.460 e. The first kappa shape index (κ1) is 16.7. The van der Waals surface area contributed by atoms with Crippen LogP contribution in [-0.2, 0) is 0 Å². The van der Waals surface area contributed by atoms with Crippen molar-refractivity contribution in [3.05, 3.63) is 0 Å². The third kappa shape index (κ3) is 2.73. The first-order chi connectivity index (χ1) is 8.61. The highest BCUT2D eigenvalue weighted by Gasteiger charge is 2.70. The smallest absolute Gasteiger partial charge is 0.312 e. The second-order valence-corrected chi connectivity index (χ2v) is 3.45. The van der Waals surface area contributed by atoms with E-state index in [2.05, 4.69) is 0 Å². The second kappa shape index (κ2) is 4.33. The van der Waals surface area contributed by atoms with E-state index >= 15 is 0 Å². The van der Waals surface area contributed by atoms with Crippen molar-refractivity contribution in [2.75, 3.05) is 0 Å². The summed E-state index contributed by atoms with van der Waals surface area (Å²) in [4.78, 5) is 1.68. The predicted octanol–water partition coefficient (Wildman–Crippen LogP) is 2.81. The van der Waals surface area contributed by atoms with Gasteiger partial charge in [-0.2, -0.15) is 43.9 Å². The van der Waals surface area contributed by atoms with Crippen LogP contribution in [0.4, 0.5) is 48.4 Å². The van der Waals surface area contributed by atoms with Crippen molar-refractivity contribution >= 4 is 5.84 Å². The number of amidine groups is 1. The van der Waals surface area contributed by atoms with Crippen LogP contribution in [0.2, 0.25) is 0 Å². The Balaban J connectivity index is 3.41. The van der Waals surface area contributed by atoms with Crippen molar-refractivity contribution in [3.63, 3.8) is 0 Å². The Morgan fingerprint density at radius 3 is 1.75 bits per heavy atom. The third-order valence-corrected chi connectivity index (χ3v) is 1.98. The highest BCUT2D eigenvalue weighted by molar-refractivity contribution is 5.88. The van der Waals surface area contributed by atoms with Crippen molar-refractivity contribution < 1.29 is 48.4 Å². The first-order valence-corrected chi connectivity index (χ1v) is 4.31. The molecule has 0 amide bonds. The van der Waals surface area contributed by atoms with Gasteiger partial charge < -0.3 is 5.32 Å². The molecule has 0 aromatic carbocycles. The number of hydrogen-bond acceptors (Lipinski definition) is 3. The number of alkyl halides is 10. The molecule has 0 fully saturated rings. The van der Waals surface area contributed by atoms with Crippen molar-refractivity contribution in [2.45, 2.75) is 30.6 Å². The van der Waals surface area contributed by atoms with E-state index in [1.54, 1.807) is 4.99 Å². The van der Waals surface area contributed by atoms with Gasteiger partial charge in [0.15, 0.2) is 0 Å². The number of halogens is 11.